The number of rotatable bonds is 10. The van der Waals surface area contributed by atoms with E-state index in [4.69, 9.17) is 4.74 Å². The molecule has 3 N–H and O–H groups in total. The molecule has 5 rings (SSSR count). The number of carbonyl (C=O) groups is 3. The number of fused-ring (bicyclic) bond motifs is 1. The number of hydrogen-bond donors (Lipinski definition) is 3. The fourth-order valence-electron chi connectivity index (χ4n) is 6.59. The van der Waals surface area contributed by atoms with Crippen LogP contribution in [0.1, 0.15) is 37.3 Å². The van der Waals surface area contributed by atoms with Crippen molar-refractivity contribution in [1.82, 2.24) is 4.90 Å². The summed E-state index contributed by atoms with van der Waals surface area (Å²) >= 11 is 5.42. The minimum Gasteiger partial charge on any atom is -0.494 e. The molecule has 40 heavy (non-hydrogen) atoms. The summed E-state index contributed by atoms with van der Waals surface area (Å²) in [5.74, 6) is -1.06. The largest absolute Gasteiger partial charge is 0.494 e. The van der Waals surface area contributed by atoms with Gasteiger partial charge < -0.3 is 25.4 Å². The van der Waals surface area contributed by atoms with Gasteiger partial charge in [0.2, 0.25) is 17.7 Å². The van der Waals surface area contributed by atoms with Crippen LogP contribution in [0.4, 0.5) is 11.4 Å². The molecule has 0 aliphatic carbocycles. The molecule has 214 valence electrons. The molecule has 0 aromatic heterocycles. The van der Waals surface area contributed by atoms with Crippen LogP contribution in [-0.2, 0) is 14.4 Å². The second kappa shape index (κ2) is 11.7. The van der Waals surface area contributed by atoms with E-state index < -0.39 is 22.6 Å². The third kappa shape index (κ3) is 5.03. The van der Waals surface area contributed by atoms with Gasteiger partial charge in [0, 0.05) is 34.6 Å². The van der Waals surface area contributed by atoms with Crippen molar-refractivity contribution in [2.45, 2.75) is 60.9 Å². The lowest BCUT2D eigenvalue weighted by Crippen LogP contribution is -2.53. The summed E-state index contributed by atoms with van der Waals surface area (Å²) < 4.78 is 4.78. The van der Waals surface area contributed by atoms with Gasteiger partial charge in [-0.3, -0.25) is 14.4 Å². The Labute approximate surface area is 247 Å². The maximum atomic E-state index is 14.1. The average molecular weight is 631 g/mol. The number of amides is 3. The van der Waals surface area contributed by atoms with Crippen LogP contribution in [-0.4, -0.2) is 68.4 Å². The number of halogens is 1. The smallest absolute Gasteiger partial charge is 0.248 e. The Morgan fingerprint density at radius 2 is 1.80 bits per heavy atom. The zero-order chi connectivity index (χ0) is 28.6. The van der Waals surface area contributed by atoms with Crippen molar-refractivity contribution in [3.63, 3.8) is 0 Å². The lowest BCUT2D eigenvalue weighted by atomic mass is 9.70. The standard InChI is InChI=1S/C30H36BrN3O5S/c1-4-39-20-12-10-19(11-13-20)32-27(36)22-23-29(38)34(14-5-6-15-35)26(30(23)16-21(31)25(22)40-30)28(37)33-24-17(2)8-7-9-18(24)3/h7-13,21-23,25-26,35H,4-6,14-16H2,1-3H3,(H,32,36)(H,33,37)/t21?,22-,23+,25-,26?,30?/m1/s1. The van der Waals surface area contributed by atoms with Gasteiger partial charge in [-0.25, -0.2) is 0 Å². The molecule has 6 atom stereocenters. The van der Waals surface area contributed by atoms with Gasteiger partial charge in [-0.2, -0.15) is 0 Å². The van der Waals surface area contributed by atoms with E-state index in [1.165, 1.54) is 0 Å². The van der Waals surface area contributed by atoms with E-state index in [2.05, 4.69) is 26.6 Å². The van der Waals surface area contributed by atoms with E-state index in [0.29, 0.717) is 38.1 Å². The Morgan fingerprint density at radius 3 is 2.45 bits per heavy atom. The molecule has 2 bridgehead atoms. The Morgan fingerprint density at radius 1 is 1.10 bits per heavy atom. The van der Waals surface area contributed by atoms with Gasteiger partial charge in [-0.05, 0) is 75.4 Å². The zero-order valence-electron chi connectivity index (χ0n) is 23.0. The first kappa shape index (κ1) is 29.0. The molecule has 10 heteroatoms. The van der Waals surface area contributed by atoms with Crippen LogP contribution < -0.4 is 15.4 Å². The van der Waals surface area contributed by atoms with E-state index in [-0.39, 0.29) is 34.4 Å². The molecule has 3 heterocycles. The Balaban J connectivity index is 1.46. The number of ether oxygens (including phenoxy) is 1. The number of para-hydroxylation sites is 1. The maximum absolute atomic E-state index is 14.1. The van der Waals surface area contributed by atoms with Crippen LogP contribution in [0, 0.1) is 25.7 Å². The molecule has 3 amide bonds. The van der Waals surface area contributed by atoms with Crippen molar-refractivity contribution in [2.75, 3.05) is 30.4 Å². The fourth-order valence-corrected chi connectivity index (χ4v) is 10.2. The molecule has 3 aliphatic rings. The highest BCUT2D eigenvalue weighted by atomic mass is 79.9. The van der Waals surface area contributed by atoms with Crippen molar-refractivity contribution in [3.8, 4) is 5.75 Å². The van der Waals surface area contributed by atoms with Crippen molar-refractivity contribution in [1.29, 1.82) is 0 Å². The SMILES string of the molecule is CCOc1ccc(NC(=O)[C@H]2[C@@H]3SC4(CC3Br)C(C(=O)Nc3c(C)cccc3C)N(CCCCO)C(=O)[C@H]24)cc1. The predicted molar refractivity (Wildman–Crippen MR) is 161 cm³/mol. The summed E-state index contributed by atoms with van der Waals surface area (Å²) in [6.07, 6.45) is 1.73. The van der Waals surface area contributed by atoms with Crippen LogP contribution in [0.2, 0.25) is 0 Å². The van der Waals surface area contributed by atoms with Crippen molar-refractivity contribution < 1.29 is 24.2 Å². The number of aryl methyl sites for hydroxylation is 2. The van der Waals surface area contributed by atoms with Gasteiger partial charge in [-0.1, -0.05) is 34.1 Å². The normalized spacial score (nSPS) is 28.5. The molecular formula is C30H36BrN3O5S. The summed E-state index contributed by atoms with van der Waals surface area (Å²) in [5, 5.41) is 15.4. The minimum absolute atomic E-state index is 0.00878. The summed E-state index contributed by atoms with van der Waals surface area (Å²) in [7, 11) is 0. The number of aliphatic hydroxyl groups is 1. The second-order valence-electron chi connectivity index (χ2n) is 10.8. The Hall–Kier alpha value is -2.56. The van der Waals surface area contributed by atoms with Gasteiger partial charge in [0.05, 0.1) is 23.2 Å². The third-order valence-electron chi connectivity index (χ3n) is 8.31. The highest BCUT2D eigenvalue weighted by Gasteiger charge is 2.75. The average Bonchev–Trinajstić information content (AvgIpc) is 3.51. The number of anilines is 2. The number of hydrogen-bond acceptors (Lipinski definition) is 6. The number of aliphatic hydroxyl groups excluding tert-OH is 1. The van der Waals surface area contributed by atoms with Gasteiger partial charge in [0.1, 0.15) is 11.8 Å². The summed E-state index contributed by atoms with van der Waals surface area (Å²) in [6.45, 7) is 6.74. The van der Waals surface area contributed by atoms with Crippen LogP contribution in [0.15, 0.2) is 42.5 Å². The molecule has 1 spiro atoms. The Kier molecular flexibility index (Phi) is 8.50. The first-order chi connectivity index (χ1) is 19.2. The van der Waals surface area contributed by atoms with Crippen LogP contribution in [0.5, 0.6) is 5.75 Å². The molecule has 0 saturated carbocycles. The van der Waals surface area contributed by atoms with Crippen LogP contribution in [0.3, 0.4) is 0 Å². The predicted octanol–water partition coefficient (Wildman–Crippen LogP) is 4.52. The molecule has 2 aromatic carbocycles. The topological polar surface area (TPSA) is 108 Å². The first-order valence-electron chi connectivity index (χ1n) is 13.9. The number of alkyl halides is 1. The summed E-state index contributed by atoms with van der Waals surface area (Å²) in [6, 6.07) is 12.3. The van der Waals surface area contributed by atoms with E-state index in [1.54, 1.807) is 40.9 Å². The maximum Gasteiger partial charge on any atom is 0.248 e. The number of benzene rings is 2. The van der Waals surface area contributed by atoms with Crippen molar-refractivity contribution >= 4 is 56.8 Å². The fraction of sp³-hybridized carbons (Fsp3) is 0.500. The monoisotopic (exact) mass is 629 g/mol. The molecule has 3 unspecified atom stereocenters. The highest BCUT2D eigenvalue weighted by molar-refractivity contribution is 9.09. The lowest BCUT2D eigenvalue weighted by molar-refractivity contribution is -0.138. The lowest BCUT2D eigenvalue weighted by Gasteiger charge is -2.35. The van der Waals surface area contributed by atoms with E-state index in [9.17, 15) is 19.5 Å². The van der Waals surface area contributed by atoms with Crippen LogP contribution in [0.25, 0.3) is 0 Å². The Bertz CT molecular complexity index is 1270. The summed E-state index contributed by atoms with van der Waals surface area (Å²) in [4.78, 5) is 43.7. The van der Waals surface area contributed by atoms with Gasteiger partial charge in [0.25, 0.3) is 0 Å². The highest BCUT2D eigenvalue weighted by Crippen LogP contribution is 2.67. The van der Waals surface area contributed by atoms with Gasteiger partial charge in [0.15, 0.2) is 0 Å². The number of likely N-dealkylation sites (tertiary alicyclic amines) is 1. The second-order valence-corrected chi connectivity index (χ2v) is 13.5. The zero-order valence-corrected chi connectivity index (χ0v) is 25.4. The summed E-state index contributed by atoms with van der Waals surface area (Å²) in [5.41, 5.74) is 3.30. The first-order valence-corrected chi connectivity index (χ1v) is 15.7. The molecule has 2 aromatic rings. The van der Waals surface area contributed by atoms with E-state index in [1.807, 2.05) is 39.0 Å². The molecule has 3 saturated heterocycles. The molecule has 8 nitrogen and oxygen atoms in total. The number of carbonyl (C=O) groups excluding carboxylic acids is 3. The van der Waals surface area contributed by atoms with Gasteiger partial charge >= 0.3 is 0 Å². The number of nitrogens with zero attached hydrogens (tertiary/aromatic N) is 1. The number of unbranched alkanes of at least 4 members (excludes halogenated alkanes) is 1. The van der Waals surface area contributed by atoms with E-state index >= 15 is 0 Å². The van der Waals surface area contributed by atoms with Gasteiger partial charge in [-0.15, -0.1) is 11.8 Å². The molecular weight excluding hydrogens is 594 g/mol. The third-order valence-corrected chi connectivity index (χ3v) is 11.5. The minimum atomic E-state index is -0.726. The quantitative estimate of drug-likeness (QED) is 0.264. The molecule has 3 aliphatic heterocycles. The van der Waals surface area contributed by atoms with Crippen LogP contribution >= 0.6 is 27.7 Å². The number of nitrogens with one attached hydrogen (secondary N) is 2. The molecule has 0 radical (unpaired) electrons. The number of thioether (sulfide) groups is 1. The van der Waals surface area contributed by atoms with E-state index in [0.717, 1.165) is 22.6 Å². The van der Waals surface area contributed by atoms with Crippen molar-refractivity contribution in [3.05, 3.63) is 53.6 Å². The van der Waals surface area contributed by atoms with Crippen molar-refractivity contribution in [2.24, 2.45) is 11.8 Å². The molecule has 3 fully saturated rings.